The number of sulfone groups is 1. The van der Waals surface area contributed by atoms with Crippen molar-refractivity contribution in [1.82, 2.24) is 9.47 Å². The van der Waals surface area contributed by atoms with E-state index in [1.807, 2.05) is 11.0 Å². The summed E-state index contributed by atoms with van der Waals surface area (Å²) >= 11 is 0. The number of carbonyl (C=O) groups excluding carboxylic acids is 1. The summed E-state index contributed by atoms with van der Waals surface area (Å²) in [5.74, 6) is 0.332. The minimum absolute atomic E-state index is 0.0145. The highest BCUT2D eigenvalue weighted by Gasteiger charge is 2.36. The highest BCUT2D eigenvalue weighted by Crippen LogP contribution is 2.33. The summed E-state index contributed by atoms with van der Waals surface area (Å²) in [5, 5.41) is 0. The van der Waals surface area contributed by atoms with Gasteiger partial charge in [0.2, 0.25) is 0 Å². The summed E-state index contributed by atoms with van der Waals surface area (Å²) in [6, 6.07) is 2.34. The molecule has 0 aromatic carbocycles. The van der Waals surface area contributed by atoms with E-state index < -0.39 is 9.84 Å². The third-order valence-corrected chi connectivity index (χ3v) is 8.07. The Bertz CT molecular complexity index is 776. The molecule has 0 N–H and O–H groups in total. The molecule has 1 atom stereocenters. The van der Waals surface area contributed by atoms with Gasteiger partial charge in [-0.25, -0.2) is 8.42 Å². The van der Waals surface area contributed by atoms with Crippen LogP contribution in [0.3, 0.4) is 0 Å². The van der Waals surface area contributed by atoms with Crippen molar-refractivity contribution < 1.29 is 13.2 Å². The monoisotopic (exact) mass is 394 g/mol. The predicted octanol–water partition coefficient (Wildman–Crippen LogP) is 4.04. The Hall–Kier alpha value is -1.30. The number of hydrogen-bond donors (Lipinski definition) is 0. The lowest BCUT2D eigenvalue weighted by Gasteiger charge is -2.29. The Morgan fingerprint density at radius 3 is 2.48 bits per heavy atom. The molecule has 6 heteroatoms. The van der Waals surface area contributed by atoms with Crippen LogP contribution in [0.5, 0.6) is 0 Å². The number of hydrogen-bond acceptors (Lipinski definition) is 3. The van der Waals surface area contributed by atoms with Crippen molar-refractivity contribution in [2.75, 3.05) is 18.1 Å². The van der Waals surface area contributed by atoms with Crippen LogP contribution in [0.1, 0.15) is 86.1 Å². The molecule has 1 unspecified atom stereocenters. The van der Waals surface area contributed by atoms with Gasteiger partial charge in [-0.2, -0.15) is 0 Å². The highest BCUT2D eigenvalue weighted by atomic mass is 32.2. The Balaban J connectivity index is 1.87. The first-order valence-electron chi connectivity index (χ1n) is 10.5. The summed E-state index contributed by atoms with van der Waals surface area (Å²) in [7, 11) is -3.01. The zero-order valence-electron chi connectivity index (χ0n) is 17.0. The standard InChI is InChI=1S/C21H34N2O3S/c1-4-5-12-22(19-11-13-27(25,26)15-19)21(24)20-14-16(2)23(17(20)3)18-9-7-6-8-10-18/h14,18-19H,4-13,15H2,1-3H3. The number of unbranched alkanes of at least 4 members (excludes halogenated alkanes) is 1. The van der Waals surface area contributed by atoms with Crippen LogP contribution in [0.2, 0.25) is 0 Å². The Kier molecular flexibility index (Phi) is 6.34. The molecule has 0 bridgehead atoms. The normalized spacial score (nSPS) is 22.9. The second-order valence-corrected chi connectivity index (χ2v) is 10.6. The van der Waals surface area contributed by atoms with E-state index in [0.717, 1.165) is 29.8 Å². The van der Waals surface area contributed by atoms with Crippen molar-refractivity contribution in [2.24, 2.45) is 0 Å². The highest BCUT2D eigenvalue weighted by molar-refractivity contribution is 7.91. The third-order valence-electron chi connectivity index (χ3n) is 6.32. The van der Waals surface area contributed by atoms with Gasteiger partial charge in [-0.3, -0.25) is 4.79 Å². The molecule has 1 saturated heterocycles. The lowest BCUT2D eigenvalue weighted by Crippen LogP contribution is -2.42. The fraction of sp³-hybridized carbons (Fsp3) is 0.762. The fourth-order valence-corrected chi connectivity index (χ4v) is 6.58. The topological polar surface area (TPSA) is 59.4 Å². The summed E-state index contributed by atoms with van der Waals surface area (Å²) in [6.07, 6.45) is 8.66. The first-order valence-corrected chi connectivity index (χ1v) is 12.4. The van der Waals surface area contributed by atoms with Crippen molar-refractivity contribution in [3.05, 3.63) is 23.0 Å². The molecule has 1 amide bonds. The molecule has 2 heterocycles. The summed E-state index contributed by atoms with van der Waals surface area (Å²) < 4.78 is 26.3. The van der Waals surface area contributed by atoms with Crippen LogP contribution in [-0.2, 0) is 9.84 Å². The third kappa shape index (κ3) is 4.41. The smallest absolute Gasteiger partial charge is 0.255 e. The van der Waals surface area contributed by atoms with Gasteiger partial charge < -0.3 is 9.47 Å². The van der Waals surface area contributed by atoms with E-state index in [0.29, 0.717) is 19.0 Å². The number of rotatable bonds is 6. The molecule has 0 spiro atoms. The van der Waals surface area contributed by atoms with E-state index in [-0.39, 0.29) is 23.5 Å². The maximum absolute atomic E-state index is 13.4. The molecule has 1 saturated carbocycles. The Labute approximate surface area is 164 Å². The second kappa shape index (κ2) is 8.38. The molecule has 1 aliphatic heterocycles. The van der Waals surface area contributed by atoms with E-state index in [2.05, 4.69) is 25.3 Å². The van der Waals surface area contributed by atoms with E-state index in [4.69, 9.17) is 0 Å². The average molecular weight is 395 g/mol. The van der Waals surface area contributed by atoms with Crippen molar-refractivity contribution in [3.63, 3.8) is 0 Å². The van der Waals surface area contributed by atoms with E-state index in [1.165, 1.54) is 32.1 Å². The zero-order chi connectivity index (χ0) is 19.6. The molecule has 27 heavy (non-hydrogen) atoms. The molecular weight excluding hydrogens is 360 g/mol. The van der Waals surface area contributed by atoms with Crippen LogP contribution in [0.15, 0.2) is 6.07 Å². The van der Waals surface area contributed by atoms with Crippen LogP contribution in [0.4, 0.5) is 0 Å². The molecule has 2 fully saturated rings. The molecule has 5 nitrogen and oxygen atoms in total. The number of carbonyl (C=O) groups is 1. The van der Waals surface area contributed by atoms with Crippen molar-refractivity contribution in [2.45, 2.75) is 84.2 Å². The van der Waals surface area contributed by atoms with Gasteiger partial charge in [-0.05, 0) is 45.6 Å². The van der Waals surface area contributed by atoms with Crippen LogP contribution < -0.4 is 0 Å². The van der Waals surface area contributed by atoms with Crippen molar-refractivity contribution >= 4 is 15.7 Å². The largest absolute Gasteiger partial charge is 0.345 e. The predicted molar refractivity (Wildman–Crippen MR) is 109 cm³/mol. The van der Waals surface area contributed by atoms with Gasteiger partial charge in [-0.1, -0.05) is 32.6 Å². The maximum atomic E-state index is 13.4. The average Bonchev–Trinajstić information content (AvgIpc) is 3.14. The van der Waals surface area contributed by atoms with E-state index >= 15 is 0 Å². The van der Waals surface area contributed by atoms with Crippen LogP contribution in [0.25, 0.3) is 0 Å². The molecule has 3 rings (SSSR count). The van der Waals surface area contributed by atoms with Gasteiger partial charge in [0.1, 0.15) is 0 Å². The quantitative estimate of drug-likeness (QED) is 0.732. The van der Waals surface area contributed by atoms with Crippen LogP contribution in [0, 0.1) is 13.8 Å². The van der Waals surface area contributed by atoms with Gasteiger partial charge in [0.15, 0.2) is 9.84 Å². The zero-order valence-corrected chi connectivity index (χ0v) is 17.9. The molecule has 1 aromatic heterocycles. The van der Waals surface area contributed by atoms with Gasteiger partial charge in [-0.15, -0.1) is 0 Å². The van der Waals surface area contributed by atoms with Gasteiger partial charge in [0.25, 0.3) is 5.91 Å². The minimum Gasteiger partial charge on any atom is -0.345 e. The SMILES string of the molecule is CCCCN(C(=O)c1cc(C)n(C2CCCCC2)c1C)C1CCS(=O)(=O)C1. The number of aromatic nitrogens is 1. The number of nitrogens with zero attached hydrogens (tertiary/aromatic N) is 2. The minimum atomic E-state index is -3.01. The van der Waals surface area contributed by atoms with E-state index in [1.54, 1.807) is 0 Å². The second-order valence-electron chi connectivity index (χ2n) is 8.36. The molecule has 1 aromatic rings. The van der Waals surface area contributed by atoms with Gasteiger partial charge >= 0.3 is 0 Å². The fourth-order valence-electron chi connectivity index (χ4n) is 4.85. The van der Waals surface area contributed by atoms with Crippen molar-refractivity contribution in [3.8, 4) is 0 Å². The molecular formula is C21H34N2O3S. The van der Waals surface area contributed by atoms with E-state index in [9.17, 15) is 13.2 Å². The molecule has 2 aliphatic rings. The Morgan fingerprint density at radius 1 is 1.19 bits per heavy atom. The molecule has 152 valence electrons. The lowest BCUT2D eigenvalue weighted by molar-refractivity contribution is 0.0693. The van der Waals surface area contributed by atoms with Gasteiger partial charge in [0, 0.05) is 30.0 Å². The molecule has 0 radical (unpaired) electrons. The maximum Gasteiger partial charge on any atom is 0.255 e. The van der Waals surface area contributed by atoms with Crippen molar-refractivity contribution in [1.29, 1.82) is 0 Å². The number of aryl methyl sites for hydroxylation is 1. The van der Waals surface area contributed by atoms with Crippen LogP contribution >= 0.6 is 0 Å². The Morgan fingerprint density at radius 2 is 1.89 bits per heavy atom. The summed E-state index contributed by atoms with van der Waals surface area (Å²) in [4.78, 5) is 15.3. The summed E-state index contributed by atoms with van der Waals surface area (Å²) in [6.45, 7) is 6.89. The lowest BCUT2D eigenvalue weighted by atomic mass is 9.95. The first kappa shape index (κ1) is 20.4. The van der Waals surface area contributed by atoms with Crippen LogP contribution in [-0.4, -0.2) is 47.9 Å². The summed E-state index contributed by atoms with van der Waals surface area (Å²) in [5.41, 5.74) is 2.96. The number of amides is 1. The van der Waals surface area contributed by atoms with Gasteiger partial charge in [0.05, 0.1) is 17.1 Å². The first-order chi connectivity index (χ1) is 12.8. The molecule has 1 aliphatic carbocycles.